The lowest BCUT2D eigenvalue weighted by molar-refractivity contribution is 0.116. The topological polar surface area (TPSA) is 3.24 Å². The predicted molar refractivity (Wildman–Crippen MR) is 47.0 cm³/mol. The van der Waals surface area contributed by atoms with Crippen LogP contribution in [0.2, 0.25) is 0 Å². The zero-order chi connectivity index (χ0) is 7.68. The summed E-state index contributed by atoms with van der Waals surface area (Å²) in [7, 11) is 4.02. The summed E-state index contributed by atoms with van der Waals surface area (Å²) < 4.78 is 0. The van der Waals surface area contributed by atoms with E-state index in [1.807, 2.05) is 0 Å². The Balaban J connectivity index is 1.93. The van der Waals surface area contributed by atoms with Crippen molar-refractivity contribution in [1.29, 1.82) is 0 Å². The van der Waals surface area contributed by atoms with Crippen molar-refractivity contribution >= 4 is 0 Å². The van der Waals surface area contributed by atoms with E-state index in [-0.39, 0.29) is 0 Å². The molecule has 63 valence electrons. The van der Waals surface area contributed by atoms with Crippen LogP contribution in [0.1, 0.15) is 32.1 Å². The van der Waals surface area contributed by atoms with Gasteiger partial charge in [-0.15, -0.1) is 0 Å². The van der Waals surface area contributed by atoms with Gasteiger partial charge in [-0.2, -0.15) is 0 Å². The van der Waals surface area contributed by atoms with Gasteiger partial charge in [0.2, 0.25) is 0 Å². The minimum absolute atomic E-state index is 0.995. The molecule has 1 radical (unpaired) electrons. The number of likely N-dealkylation sites (tertiary alicyclic amines) is 1. The molecule has 0 aromatic rings. The van der Waals surface area contributed by atoms with E-state index in [9.17, 15) is 0 Å². The lowest BCUT2D eigenvalue weighted by Crippen LogP contribution is -2.38. The summed E-state index contributed by atoms with van der Waals surface area (Å²) in [6, 6.07) is 0. The first-order valence-corrected chi connectivity index (χ1v) is 4.92. The molecular formula is C10H18N. The molecule has 2 fully saturated rings. The molecule has 11 heavy (non-hydrogen) atoms. The smallest absolute Gasteiger partial charge is 0.0109 e. The zero-order valence-corrected chi connectivity index (χ0v) is 7.26. The summed E-state index contributed by atoms with van der Waals surface area (Å²) in [6.45, 7) is 2.51. The van der Waals surface area contributed by atoms with Crippen molar-refractivity contribution in [3.63, 3.8) is 0 Å². The first kappa shape index (κ1) is 7.60. The Morgan fingerprint density at radius 3 is 2.55 bits per heavy atom. The third-order valence-corrected chi connectivity index (χ3v) is 3.38. The van der Waals surface area contributed by atoms with Gasteiger partial charge in [0.1, 0.15) is 0 Å². The van der Waals surface area contributed by atoms with Crippen molar-refractivity contribution in [3.8, 4) is 0 Å². The average Bonchev–Trinajstić information content (AvgIpc) is 2.04. The van der Waals surface area contributed by atoms with E-state index in [1.165, 1.54) is 45.2 Å². The van der Waals surface area contributed by atoms with Gasteiger partial charge in [0, 0.05) is 13.6 Å². The van der Waals surface area contributed by atoms with E-state index in [2.05, 4.69) is 11.9 Å². The van der Waals surface area contributed by atoms with E-state index in [0.29, 0.717) is 0 Å². The standard InChI is InChI=1S/C10H18N/c1-11-7-6-9-4-2-3-5-10(9)8-11/h9-10H,1-8H2. The van der Waals surface area contributed by atoms with Gasteiger partial charge >= 0.3 is 0 Å². The molecule has 0 spiro atoms. The summed E-state index contributed by atoms with van der Waals surface area (Å²) in [5, 5.41) is 0. The van der Waals surface area contributed by atoms with Crippen molar-refractivity contribution in [2.24, 2.45) is 11.8 Å². The number of hydrogen-bond acceptors (Lipinski definition) is 1. The highest BCUT2D eigenvalue weighted by Crippen LogP contribution is 2.35. The second-order valence-corrected chi connectivity index (χ2v) is 4.17. The monoisotopic (exact) mass is 152 g/mol. The zero-order valence-electron chi connectivity index (χ0n) is 7.26. The van der Waals surface area contributed by atoms with E-state index in [1.54, 1.807) is 0 Å². The van der Waals surface area contributed by atoms with Crippen molar-refractivity contribution in [3.05, 3.63) is 7.05 Å². The van der Waals surface area contributed by atoms with Crippen molar-refractivity contribution in [2.75, 3.05) is 13.1 Å². The quantitative estimate of drug-likeness (QED) is 0.515. The number of piperidine rings is 1. The molecule has 2 aliphatic rings. The van der Waals surface area contributed by atoms with Crippen LogP contribution in [-0.4, -0.2) is 18.0 Å². The Labute approximate surface area is 69.8 Å². The van der Waals surface area contributed by atoms with Crippen LogP contribution in [0, 0.1) is 18.9 Å². The predicted octanol–water partition coefficient (Wildman–Crippen LogP) is 2.29. The van der Waals surface area contributed by atoms with Gasteiger partial charge in [-0.05, 0) is 31.2 Å². The van der Waals surface area contributed by atoms with Crippen LogP contribution in [-0.2, 0) is 0 Å². The summed E-state index contributed by atoms with van der Waals surface area (Å²) in [4.78, 5) is 2.26. The second-order valence-electron chi connectivity index (χ2n) is 4.17. The molecule has 0 bridgehead atoms. The summed E-state index contributed by atoms with van der Waals surface area (Å²) in [5.41, 5.74) is 0. The second kappa shape index (κ2) is 3.14. The van der Waals surface area contributed by atoms with Crippen LogP contribution >= 0.6 is 0 Å². The fraction of sp³-hybridized carbons (Fsp3) is 0.900. The number of hydrogen-bond donors (Lipinski definition) is 0. The van der Waals surface area contributed by atoms with Gasteiger partial charge in [-0.1, -0.05) is 19.3 Å². The molecular weight excluding hydrogens is 134 g/mol. The van der Waals surface area contributed by atoms with Crippen molar-refractivity contribution in [1.82, 2.24) is 4.90 Å². The molecule has 2 rings (SSSR count). The molecule has 1 heterocycles. The Morgan fingerprint density at radius 1 is 1.00 bits per heavy atom. The molecule has 2 unspecified atom stereocenters. The third kappa shape index (κ3) is 1.58. The van der Waals surface area contributed by atoms with Crippen molar-refractivity contribution < 1.29 is 0 Å². The summed E-state index contributed by atoms with van der Waals surface area (Å²) in [6.07, 6.45) is 7.33. The Morgan fingerprint density at radius 2 is 1.73 bits per heavy atom. The van der Waals surface area contributed by atoms with Gasteiger partial charge in [0.25, 0.3) is 0 Å². The molecule has 0 N–H and O–H groups in total. The SMILES string of the molecule is [CH2]N1CCC2CCCCC2C1. The fourth-order valence-electron chi connectivity index (χ4n) is 2.68. The Bertz CT molecular complexity index is 133. The minimum Gasteiger partial charge on any atom is -0.302 e. The molecule has 1 aliphatic carbocycles. The van der Waals surface area contributed by atoms with Crippen LogP contribution in [0.15, 0.2) is 0 Å². The number of nitrogens with zero attached hydrogens (tertiary/aromatic N) is 1. The van der Waals surface area contributed by atoms with E-state index >= 15 is 0 Å². The highest BCUT2D eigenvalue weighted by Gasteiger charge is 2.29. The molecule has 0 aromatic heterocycles. The lowest BCUT2D eigenvalue weighted by atomic mass is 9.75. The molecule has 1 heteroatoms. The normalized spacial score (nSPS) is 40.1. The highest BCUT2D eigenvalue weighted by molar-refractivity contribution is 4.82. The third-order valence-electron chi connectivity index (χ3n) is 3.38. The molecule has 1 nitrogen and oxygen atoms in total. The molecule has 2 atom stereocenters. The molecule has 1 saturated heterocycles. The van der Waals surface area contributed by atoms with E-state index in [4.69, 9.17) is 0 Å². The fourth-order valence-corrected chi connectivity index (χ4v) is 2.68. The molecule has 0 amide bonds. The van der Waals surface area contributed by atoms with E-state index in [0.717, 1.165) is 11.8 Å². The van der Waals surface area contributed by atoms with Gasteiger partial charge < -0.3 is 4.90 Å². The maximum Gasteiger partial charge on any atom is 0.0109 e. The number of fused-ring (bicyclic) bond motifs is 1. The maximum atomic E-state index is 4.02. The summed E-state index contributed by atoms with van der Waals surface area (Å²) >= 11 is 0. The summed E-state index contributed by atoms with van der Waals surface area (Å²) in [5.74, 6) is 2.05. The van der Waals surface area contributed by atoms with Gasteiger partial charge in [0.15, 0.2) is 0 Å². The van der Waals surface area contributed by atoms with Gasteiger partial charge in [0.05, 0.1) is 0 Å². The van der Waals surface area contributed by atoms with Gasteiger partial charge in [-0.25, -0.2) is 0 Å². The molecule has 1 aliphatic heterocycles. The molecule has 1 saturated carbocycles. The van der Waals surface area contributed by atoms with Crippen LogP contribution in [0.3, 0.4) is 0 Å². The molecule has 0 aromatic carbocycles. The highest BCUT2D eigenvalue weighted by atomic mass is 15.1. The van der Waals surface area contributed by atoms with Crippen LogP contribution in [0.25, 0.3) is 0 Å². The van der Waals surface area contributed by atoms with Gasteiger partial charge in [-0.3, -0.25) is 0 Å². The first-order chi connectivity index (χ1) is 5.36. The number of rotatable bonds is 0. The largest absolute Gasteiger partial charge is 0.302 e. The average molecular weight is 152 g/mol. The van der Waals surface area contributed by atoms with E-state index < -0.39 is 0 Å². The van der Waals surface area contributed by atoms with Crippen LogP contribution in [0.4, 0.5) is 0 Å². The lowest BCUT2D eigenvalue weighted by Gasteiger charge is -2.39. The minimum atomic E-state index is 0.995. The van der Waals surface area contributed by atoms with Crippen LogP contribution < -0.4 is 0 Å². The Hall–Kier alpha value is -0.0400. The first-order valence-electron chi connectivity index (χ1n) is 4.92. The Kier molecular flexibility index (Phi) is 2.17. The van der Waals surface area contributed by atoms with Crippen LogP contribution in [0.5, 0.6) is 0 Å². The van der Waals surface area contributed by atoms with Crippen molar-refractivity contribution in [2.45, 2.75) is 32.1 Å². The maximum absolute atomic E-state index is 4.02.